The van der Waals surface area contributed by atoms with E-state index >= 15 is 0 Å². The quantitative estimate of drug-likeness (QED) is 0.493. The summed E-state index contributed by atoms with van der Waals surface area (Å²) < 4.78 is 0. The molecule has 0 fully saturated rings. The summed E-state index contributed by atoms with van der Waals surface area (Å²) >= 11 is 0. The van der Waals surface area contributed by atoms with Gasteiger partial charge in [-0.15, -0.1) is 0 Å². The second-order valence-corrected chi connectivity index (χ2v) is 2.68. The molecule has 0 saturated heterocycles. The predicted octanol–water partition coefficient (Wildman–Crippen LogP) is 1.01. The number of aliphatic hydroxyl groups excluding tert-OH is 1. The second kappa shape index (κ2) is 7.55. The molecule has 0 aliphatic carbocycles. The molecule has 0 heterocycles. The fourth-order valence-corrected chi connectivity index (χ4v) is 0.780. The van der Waals surface area contributed by atoms with E-state index in [1.54, 1.807) is 12.2 Å². The Morgan fingerprint density at radius 1 is 1.54 bits per heavy atom. The molecule has 0 spiro atoms. The lowest BCUT2D eigenvalue weighted by atomic mass is 10.2. The van der Waals surface area contributed by atoms with Crippen LogP contribution in [0.5, 0.6) is 0 Å². The zero-order valence-electron chi connectivity index (χ0n) is 8.16. The molecular weight excluding hydrogens is 166 g/mol. The number of amides is 1. The zero-order chi connectivity index (χ0) is 10.1. The maximum absolute atomic E-state index is 11.1. The molecule has 3 nitrogen and oxygen atoms in total. The maximum atomic E-state index is 11.1. The van der Waals surface area contributed by atoms with Crippen LogP contribution in [0, 0.1) is 0 Å². The third-order valence-corrected chi connectivity index (χ3v) is 1.61. The van der Waals surface area contributed by atoms with E-state index in [0.717, 1.165) is 6.42 Å². The molecule has 0 aromatic rings. The van der Waals surface area contributed by atoms with Gasteiger partial charge < -0.3 is 10.4 Å². The Morgan fingerprint density at radius 2 is 2.23 bits per heavy atom. The molecule has 1 atom stereocenters. The smallest absolute Gasteiger partial charge is 0.244 e. The molecule has 1 amide bonds. The summed E-state index contributed by atoms with van der Waals surface area (Å²) in [6.45, 7) is 3.78. The molecule has 3 heteroatoms. The summed E-state index contributed by atoms with van der Waals surface area (Å²) in [6.07, 6.45) is 7.46. The number of carbonyl (C=O) groups is 1. The van der Waals surface area contributed by atoms with E-state index in [1.165, 1.54) is 6.08 Å². The van der Waals surface area contributed by atoms with Crippen molar-refractivity contribution < 1.29 is 9.90 Å². The highest BCUT2D eigenvalue weighted by Gasteiger charge is 2.05. The minimum absolute atomic E-state index is 0.0142. The number of hydrogen-bond donors (Lipinski definition) is 2. The first kappa shape index (κ1) is 11.9. The highest BCUT2D eigenvalue weighted by Crippen LogP contribution is 1.89. The van der Waals surface area contributed by atoms with Crippen LogP contribution in [0.4, 0.5) is 0 Å². The Morgan fingerprint density at radius 3 is 2.69 bits per heavy atom. The van der Waals surface area contributed by atoms with Gasteiger partial charge in [0.25, 0.3) is 0 Å². The van der Waals surface area contributed by atoms with Crippen LogP contribution >= 0.6 is 0 Å². The summed E-state index contributed by atoms with van der Waals surface area (Å²) in [5, 5.41) is 11.5. The summed E-state index contributed by atoms with van der Waals surface area (Å²) in [4.78, 5) is 11.1. The minimum atomic E-state index is -0.168. The SMILES string of the molecule is CC=C/C=C/C(=O)N[C@@H](CC)CO. The van der Waals surface area contributed by atoms with Crippen molar-refractivity contribution in [3.8, 4) is 0 Å². The number of nitrogens with one attached hydrogen (secondary N) is 1. The first-order valence-corrected chi connectivity index (χ1v) is 4.45. The molecule has 0 rings (SSSR count). The Balaban J connectivity index is 3.85. The Bertz CT molecular complexity index is 193. The summed E-state index contributed by atoms with van der Waals surface area (Å²) in [5.41, 5.74) is 0. The van der Waals surface area contributed by atoms with Gasteiger partial charge in [0.05, 0.1) is 12.6 Å². The monoisotopic (exact) mass is 183 g/mol. The van der Waals surface area contributed by atoms with Gasteiger partial charge >= 0.3 is 0 Å². The first-order valence-electron chi connectivity index (χ1n) is 4.45. The molecule has 0 bridgehead atoms. The van der Waals surface area contributed by atoms with Crippen LogP contribution in [0.3, 0.4) is 0 Å². The van der Waals surface area contributed by atoms with E-state index < -0.39 is 0 Å². The van der Waals surface area contributed by atoms with E-state index in [1.807, 2.05) is 19.9 Å². The molecule has 0 aromatic carbocycles. The lowest BCUT2D eigenvalue weighted by Gasteiger charge is -2.11. The number of aliphatic hydroxyl groups is 1. The van der Waals surface area contributed by atoms with Crippen LogP contribution in [0.15, 0.2) is 24.3 Å². The molecular formula is C10H17NO2. The highest BCUT2D eigenvalue weighted by molar-refractivity contribution is 5.87. The lowest BCUT2D eigenvalue weighted by Crippen LogP contribution is -2.35. The molecule has 0 aliphatic heterocycles. The molecule has 0 saturated carbocycles. The average molecular weight is 183 g/mol. The normalized spacial score (nSPS) is 13.8. The fraction of sp³-hybridized carbons (Fsp3) is 0.500. The van der Waals surface area contributed by atoms with Crippen LogP contribution in [0.1, 0.15) is 20.3 Å². The van der Waals surface area contributed by atoms with Crippen molar-refractivity contribution >= 4 is 5.91 Å². The van der Waals surface area contributed by atoms with E-state index in [0.29, 0.717) is 0 Å². The van der Waals surface area contributed by atoms with Gasteiger partial charge in [0.15, 0.2) is 0 Å². The standard InChI is InChI=1S/C10H17NO2/c1-3-5-6-7-10(13)11-9(4-2)8-12/h3,5-7,9,12H,4,8H2,1-2H3,(H,11,13)/b5-3?,7-6+/t9-/m0/s1. The summed E-state index contributed by atoms with van der Waals surface area (Å²) in [7, 11) is 0. The Hall–Kier alpha value is -1.09. The molecule has 0 radical (unpaired) electrons. The second-order valence-electron chi connectivity index (χ2n) is 2.68. The van der Waals surface area contributed by atoms with Gasteiger partial charge in [0.1, 0.15) is 0 Å². The third-order valence-electron chi connectivity index (χ3n) is 1.61. The van der Waals surface area contributed by atoms with Gasteiger partial charge in [-0.25, -0.2) is 0 Å². The highest BCUT2D eigenvalue weighted by atomic mass is 16.3. The minimum Gasteiger partial charge on any atom is -0.394 e. The van der Waals surface area contributed by atoms with Gasteiger partial charge in [-0.05, 0) is 13.3 Å². The number of rotatable bonds is 5. The van der Waals surface area contributed by atoms with Crippen LogP contribution < -0.4 is 5.32 Å². The van der Waals surface area contributed by atoms with Crippen molar-refractivity contribution in [3.63, 3.8) is 0 Å². The molecule has 74 valence electrons. The third kappa shape index (κ3) is 6.11. The maximum Gasteiger partial charge on any atom is 0.244 e. The van der Waals surface area contributed by atoms with E-state index in [-0.39, 0.29) is 18.6 Å². The van der Waals surface area contributed by atoms with Crippen molar-refractivity contribution in [2.75, 3.05) is 6.61 Å². The fourth-order valence-electron chi connectivity index (χ4n) is 0.780. The van der Waals surface area contributed by atoms with Crippen LogP contribution in [0.2, 0.25) is 0 Å². The molecule has 0 aliphatic rings. The predicted molar refractivity (Wildman–Crippen MR) is 53.3 cm³/mol. The van der Waals surface area contributed by atoms with Crippen LogP contribution in [-0.4, -0.2) is 23.7 Å². The van der Waals surface area contributed by atoms with Crippen LogP contribution in [-0.2, 0) is 4.79 Å². The van der Waals surface area contributed by atoms with Crippen molar-refractivity contribution in [3.05, 3.63) is 24.3 Å². The summed E-state index contributed by atoms with van der Waals surface area (Å²) in [5.74, 6) is -0.168. The van der Waals surface area contributed by atoms with Gasteiger partial charge in [-0.2, -0.15) is 0 Å². The van der Waals surface area contributed by atoms with Crippen molar-refractivity contribution in [2.45, 2.75) is 26.3 Å². The molecule has 2 N–H and O–H groups in total. The number of hydrogen-bond acceptors (Lipinski definition) is 2. The van der Waals surface area contributed by atoms with E-state index in [2.05, 4.69) is 5.32 Å². The van der Waals surface area contributed by atoms with Crippen molar-refractivity contribution in [2.24, 2.45) is 0 Å². The number of carbonyl (C=O) groups excluding carboxylic acids is 1. The number of allylic oxidation sites excluding steroid dienone is 3. The first-order chi connectivity index (χ1) is 6.24. The molecule has 0 unspecified atom stereocenters. The van der Waals surface area contributed by atoms with Crippen LogP contribution in [0.25, 0.3) is 0 Å². The topological polar surface area (TPSA) is 49.3 Å². The van der Waals surface area contributed by atoms with Gasteiger partial charge in [0.2, 0.25) is 5.91 Å². The Kier molecular flexibility index (Phi) is 6.92. The largest absolute Gasteiger partial charge is 0.394 e. The van der Waals surface area contributed by atoms with Gasteiger partial charge in [-0.1, -0.05) is 25.2 Å². The van der Waals surface area contributed by atoms with Crippen molar-refractivity contribution in [1.29, 1.82) is 0 Å². The Labute approximate surface area is 79.2 Å². The molecule has 13 heavy (non-hydrogen) atoms. The van der Waals surface area contributed by atoms with E-state index in [4.69, 9.17) is 5.11 Å². The van der Waals surface area contributed by atoms with Crippen molar-refractivity contribution in [1.82, 2.24) is 5.32 Å². The summed E-state index contributed by atoms with van der Waals surface area (Å²) in [6, 6.07) is -0.136. The van der Waals surface area contributed by atoms with Gasteiger partial charge in [-0.3, -0.25) is 4.79 Å². The van der Waals surface area contributed by atoms with Gasteiger partial charge in [0, 0.05) is 6.08 Å². The zero-order valence-corrected chi connectivity index (χ0v) is 8.16. The lowest BCUT2D eigenvalue weighted by molar-refractivity contribution is -0.117. The molecule has 0 aromatic heterocycles. The average Bonchev–Trinajstić information content (AvgIpc) is 2.14. The van der Waals surface area contributed by atoms with E-state index in [9.17, 15) is 4.79 Å².